The Kier molecular flexibility index (Phi) is 3.06. The van der Waals surface area contributed by atoms with Gasteiger partial charge in [0.15, 0.2) is 0 Å². The first-order valence-corrected chi connectivity index (χ1v) is 5.08. The standard InChI is InChI=1S/C9H6N4O2S/c14-9(15)6-1-4-12-13-8(6)16-7-2-3-10-5-11-7/h1-5H,(H,14,15). The maximum atomic E-state index is 10.9. The van der Waals surface area contributed by atoms with Crippen molar-refractivity contribution in [3.63, 3.8) is 0 Å². The lowest BCUT2D eigenvalue weighted by molar-refractivity contribution is 0.0692. The first kappa shape index (κ1) is 10.5. The lowest BCUT2D eigenvalue weighted by Crippen LogP contribution is -2.01. The van der Waals surface area contributed by atoms with Crippen molar-refractivity contribution in [1.29, 1.82) is 0 Å². The number of aromatic nitrogens is 4. The van der Waals surface area contributed by atoms with Gasteiger partial charge in [-0.1, -0.05) is 0 Å². The normalized spacial score (nSPS) is 10.0. The van der Waals surface area contributed by atoms with Crippen LogP contribution in [0.15, 0.2) is 40.9 Å². The van der Waals surface area contributed by atoms with Crippen LogP contribution >= 0.6 is 11.8 Å². The topological polar surface area (TPSA) is 88.9 Å². The van der Waals surface area contributed by atoms with E-state index in [1.165, 1.54) is 18.6 Å². The summed E-state index contributed by atoms with van der Waals surface area (Å²) in [7, 11) is 0. The number of hydrogen-bond acceptors (Lipinski definition) is 6. The summed E-state index contributed by atoms with van der Waals surface area (Å²) in [5, 5.41) is 17.3. The number of nitrogens with zero attached hydrogens (tertiary/aromatic N) is 4. The lowest BCUT2D eigenvalue weighted by atomic mass is 10.3. The molecule has 0 radical (unpaired) electrons. The van der Waals surface area contributed by atoms with Gasteiger partial charge in [-0.2, -0.15) is 5.10 Å². The van der Waals surface area contributed by atoms with Crippen LogP contribution in [-0.2, 0) is 0 Å². The maximum Gasteiger partial charge on any atom is 0.338 e. The van der Waals surface area contributed by atoms with E-state index in [1.54, 1.807) is 12.3 Å². The van der Waals surface area contributed by atoms with Crippen molar-refractivity contribution < 1.29 is 9.90 Å². The summed E-state index contributed by atoms with van der Waals surface area (Å²) < 4.78 is 0. The van der Waals surface area contributed by atoms with Gasteiger partial charge in [-0.3, -0.25) is 0 Å². The van der Waals surface area contributed by atoms with Crippen LogP contribution in [0.25, 0.3) is 0 Å². The zero-order chi connectivity index (χ0) is 11.4. The van der Waals surface area contributed by atoms with Crippen LogP contribution in [0.2, 0.25) is 0 Å². The SMILES string of the molecule is O=C(O)c1ccnnc1Sc1ccncn1. The predicted molar refractivity (Wildman–Crippen MR) is 55.1 cm³/mol. The molecule has 2 rings (SSSR count). The Labute approximate surface area is 94.8 Å². The van der Waals surface area contributed by atoms with Gasteiger partial charge in [0.2, 0.25) is 0 Å². The number of carboxylic acid groups (broad SMARTS) is 1. The zero-order valence-corrected chi connectivity index (χ0v) is 8.76. The summed E-state index contributed by atoms with van der Waals surface area (Å²) in [6, 6.07) is 3.07. The first-order valence-electron chi connectivity index (χ1n) is 4.26. The molecule has 0 unspecified atom stereocenters. The van der Waals surface area contributed by atoms with Crippen LogP contribution in [-0.4, -0.2) is 31.2 Å². The molecule has 0 saturated carbocycles. The number of hydrogen-bond donors (Lipinski definition) is 1. The van der Waals surface area contributed by atoms with Crippen LogP contribution in [0, 0.1) is 0 Å². The van der Waals surface area contributed by atoms with Gasteiger partial charge in [0.05, 0.1) is 11.8 Å². The van der Waals surface area contributed by atoms with Crippen LogP contribution < -0.4 is 0 Å². The highest BCUT2D eigenvalue weighted by Gasteiger charge is 2.12. The van der Waals surface area contributed by atoms with E-state index in [2.05, 4.69) is 20.2 Å². The van der Waals surface area contributed by atoms with Gasteiger partial charge in [0, 0.05) is 6.20 Å². The first-order chi connectivity index (χ1) is 7.77. The summed E-state index contributed by atoms with van der Waals surface area (Å²) in [5.74, 6) is -1.04. The second-order valence-corrected chi connectivity index (χ2v) is 3.71. The van der Waals surface area contributed by atoms with Crippen molar-refractivity contribution >= 4 is 17.7 Å². The number of rotatable bonds is 3. The largest absolute Gasteiger partial charge is 0.478 e. The molecule has 0 saturated heterocycles. The van der Waals surface area contributed by atoms with E-state index >= 15 is 0 Å². The van der Waals surface area contributed by atoms with Crippen LogP contribution in [0.5, 0.6) is 0 Å². The molecule has 2 aromatic heterocycles. The highest BCUT2D eigenvalue weighted by atomic mass is 32.2. The Morgan fingerprint density at radius 3 is 2.88 bits per heavy atom. The quantitative estimate of drug-likeness (QED) is 0.796. The van der Waals surface area contributed by atoms with Gasteiger partial charge in [-0.15, -0.1) is 5.10 Å². The van der Waals surface area contributed by atoms with E-state index in [9.17, 15) is 4.79 Å². The Balaban J connectivity index is 2.31. The molecule has 0 aromatic carbocycles. The summed E-state index contributed by atoms with van der Waals surface area (Å²) in [5.41, 5.74) is 0.110. The molecule has 0 aliphatic carbocycles. The van der Waals surface area contributed by atoms with Crippen molar-refractivity contribution in [2.75, 3.05) is 0 Å². The van der Waals surface area contributed by atoms with Gasteiger partial charge in [-0.05, 0) is 23.9 Å². The molecule has 0 bridgehead atoms. The van der Waals surface area contributed by atoms with Crippen molar-refractivity contribution in [2.45, 2.75) is 10.1 Å². The van der Waals surface area contributed by atoms with E-state index in [4.69, 9.17) is 5.11 Å². The molecule has 7 heteroatoms. The second kappa shape index (κ2) is 4.67. The van der Waals surface area contributed by atoms with E-state index in [1.807, 2.05) is 0 Å². The third-order valence-corrected chi connectivity index (χ3v) is 2.62. The monoisotopic (exact) mass is 234 g/mol. The molecule has 0 aliphatic rings. The molecule has 0 fully saturated rings. The Bertz CT molecular complexity index is 506. The minimum absolute atomic E-state index is 0.110. The fourth-order valence-electron chi connectivity index (χ4n) is 0.995. The molecular weight excluding hydrogens is 228 g/mol. The third-order valence-electron chi connectivity index (χ3n) is 1.67. The van der Waals surface area contributed by atoms with Crippen molar-refractivity contribution in [2.24, 2.45) is 0 Å². The summed E-state index contributed by atoms with van der Waals surface area (Å²) in [6.07, 6.45) is 4.30. The smallest absolute Gasteiger partial charge is 0.338 e. The van der Waals surface area contributed by atoms with Gasteiger partial charge < -0.3 is 5.11 Å². The van der Waals surface area contributed by atoms with Crippen molar-refractivity contribution in [3.8, 4) is 0 Å². The summed E-state index contributed by atoms with van der Waals surface area (Å²) in [4.78, 5) is 18.6. The molecule has 0 atom stereocenters. The Morgan fingerprint density at radius 2 is 2.19 bits per heavy atom. The molecule has 6 nitrogen and oxygen atoms in total. The van der Waals surface area contributed by atoms with Gasteiger partial charge in [-0.25, -0.2) is 14.8 Å². The van der Waals surface area contributed by atoms with Crippen LogP contribution in [0.3, 0.4) is 0 Å². The Morgan fingerprint density at radius 1 is 1.31 bits per heavy atom. The zero-order valence-electron chi connectivity index (χ0n) is 7.94. The second-order valence-electron chi connectivity index (χ2n) is 2.70. The summed E-state index contributed by atoms with van der Waals surface area (Å²) >= 11 is 1.14. The maximum absolute atomic E-state index is 10.9. The fourth-order valence-corrected chi connectivity index (χ4v) is 1.78. The summed E-state index contributed by atoms with van der Waals surface area (Å²) in [6.45, 7) is 0. The molecule has 16 heavy (non-hydrogen) atoms. The predicted octanol–water partition coefficient (Wildman–Crippen LogP) is 1.12. The molecular formula is C9H6N4O2S. The highest BCUT2D eigenvalue weighted by Crippen LogP contribution is 2.25. The van der Waals surface area contributed by atoms with Crippen LogP contribution in [0.4, 0.5) is 0 Å². The average Bonchev–Trinajstić information content (AvgIpc) is 2.31. The van der Waals surface area contributed by atoms with Crippen molar-refractivity contribution in [1.82, 2.24) is 20.2 Å². The third kappa shape index (κ3) is 2.31. The average molecular weight is 234 g/mol. The molecule has 0 amide bonds. The fraction of sp³-hybridized carbons (Fsp3) is 0. The number of aromatic carboxylic acids is 1. The van der Waals surface area contributed by atoms with Crippen LogP contribution in [0.1, 0.15) is 10.4 Å². The van der Waals surface area contributed by atoms with Crippen molar-refractivity contribution in [3.05, 3.63) is 36.4 Å². The molecule has 80 valence electrons. The van der Waals surface area contributed by atoms with Gasteiger partial charge in [0.1, 0.15) is 16.4 Å². The van der Waals surface area contributed by atoms with E-state index in [0.717, 1.165) is 11.8 Å². The highest BCUT2D eigenvalue weighted by molar-refractivity contribution is 7.99. The van der Waals surface area contributed by atoms with Gasteiger partial charge in [0.25, 0.3) is 0 Å². The molecule has 0 aliphatic heterocycles. The molecule has 0 spiro atoms. The van der Waals surface area contributed by atoms with E-state index in [0.29, 0.717) is 10.1 Å². The van der Waals surface area contributed by atoms with E-state index in [-0.39, 0.29) is 5.56 Å². The molecule has 1 N–H and O–H groups in total. The molecule has 2 heterocycles. The van der Waals surface area contributed by atoms with Gasteiger partial charge >= 0.3 is 5.97 Å². The number of carbonyl (C=O) groups is 1. The minimum Gasteiger partial charge on any atom is -0.478 e. The number of carboxylic acids is 1. The minimum atomic E-state index is -1.04. The lowest BCUT2D eigenvalue weighted by Gasteiger charge is -2.01. The Hall–Kier alpha value is -2.02. The molecule has 2 aromatic rings. The van der Waals surface area contributed by atoms with E-state index < -0.39 is 5.97 Å².